The lowest BCUT2D eigenvalue weighted by molar-refractivity contribution is -0.123. The molecule has 3 nitrogen and oxygen atoms in total. The molecule has 1 aliphatic heterocycles. The van der Waals surface area contributed by atoms with Crippen molar-refractivity contribution < 1.29 is 4.79 Å². The Balaban J connectivity index is 1.67. The molecule has 1 saturated carbocycles. The first-order valence-electron chi connectivity index (χ1n) is 9.06. The zero-order chi connectivity index (χ0) is 15.2. The summed E-state index contributed by atoms with van der Waals surface area (Å²) in [6, 6.07) is 0.438. The highest BCUT2D eigenvalue weighted by molar-refractivity contribution is 5.76. The van der Waals surface area contributed by atoms with Gasteiger partial charge in [0.05, 0.1) is 0 Å². The predicted molar refractivity (Wildman–Crippen MR) is 88.1 cm³/mol. The molecule has 0 spiro atoms. The molecular weight excluding hydrogens is 260 g/mol. The second kappa shape index (κ2) is 8.17. The van der Waals surface area contributed by atoms with E-state index >= 15 is 0 Å². The highest BCUT2D eigenvalue weighted by Crippen LogP contribution is 2.30. The van der Waals surface area contributed by atoms with Crippen molar-refractivity contribution in [2.24, 2.45) is 23.7 Å². The lowest BCUT2D eigenvalue weighted by Gasteiger charge is -2.32. The minimum Gasteiger partial charge on any atom is -0.353 e. The molecular formula is C18H34N2O. The van der Waals surface area contributed by atoms with Crippen molar-refractivity contribution in [3.8, 4) is 0 Å². The summed E-state index contributed by atoms with van der Waals surface area (Å²) >= 11 is 0. The van der Waals surface area contributed by atoms with E-state index in [9.17, 15) is 4.79 Å². The van der Waals surface area contributed by atoms with Gasteiger partial charge in [-0.25, -0.2) is 0 Å². The Kier molecular flexibility index (Phi) is 6.53. The first-order valence-corrected chi connectivity index (χ1v) is 9.06. The van der Waals surface area contributed by atoms with E-state index in [1.54, 1.807) is 0 Å². The van der Waals surface area contributed by atoms with Gasteiger partial charge in [-0.2, -0.15) is 0 Å². The molecule has 1 heterocycles. The third-order valence-corrected chi connectivity index (χ3v) is 5.78. The largest absolute Gasteiger partial charge is 0.353 e. The van der Waals surface area contributed by atoms with Gasteiger partial charge >= 0.3 is 0 Å². The standard InChI is InChI=1S/C18H34N2O/c1-13(2)15-4-6-17(7-5-15)20-18(21)12-14(3)16-8-10-19-11-9-16/h13-17,19H,4-12H2,1-3H3,(H,20,21). The van der Waals surface area contributed by atoms with Gasteiger partial charge in [-0.3, -0.25) is 4.79 Å². The van der Waals surface area contributed by atoms with E-state index in [1.807, 2.05) is 0 Å². The molecule has 3 heteroatoms. The molecule has 0 aromatic carbocycles. The van der Waals surface area contributed by atoms with E-state index in [0.29, 0.717) is 12.0 Å². The van der Waals surface area contributed by atoms with Crippen molar-refractivity contribution in [3.63, 3.8) is 0 Å². The summed E-state index contributed by atoms with van der Waals surface area (Å²) in [6.45, 7) is 9.14. The fraction of sp³-hybridized carbons (Fsp3) is 0.944. The molecule has 1 aliphatic carbocycles. The van der Waals surface area contributed by atoms with Crippen LogP contribution in [0.3, 0.4) is 0 Å². The Morgan fingerprint density at radius 1 is 1.00 bits per heavy atom. The third kappa shape index (κ3) is 5.28. The van der Waals surface area contributed by atoms with Crippen molar-refractivity contribution in [1.29, 1.82) is 0 Å². The quantitative estimate of drug-likeness (QED) is 0.816. The molecule has 0 radical (unpaired) electrons. The summed E-state index contributed by atoms with van der Waals surface area (Å²) in [6.07, 6.45) is 8.10. The minimum absolute atomic E-state index is 0.286. The van der Waals surface area contributed by atoms with Crippen LogP contribution in [0.25, 0.3) is 0 Å². The Hall–Kier alpha value is -0.570. The summed E-state index contributed by atoms with van der Waals surface area (Å²) in [5.74, 6) is 3.20. The second-order valence-electron chi connectivity index (χ2n) is 7.69. The third-order valence-electron chi connectivity index (χ3n) is 5.78. The van der Waals surface area contributed by atoms with Gasteiger partial charge in [-0.05, 0) is 75.3 Å². The normalized spacial score (nSPS) is 29.3. The number of carbonyl (C=O) groups is 1. The van der Waals surface area contributed by atoms with Crippen molar-refractivity contribution in [3.05, 3.63) is 0 Å². The zero-order valence-electron chi connectivity index (χ0n) is 14.2. The number of nitrogens with one attached hydrogen (secondary N) is 2. The highest BCUT2D eigenvalue weighted by atomic mass is 16.1. The fourth-order valence-electron chi connectivity index (χ4n) is 4.09. The van der Waals surface area contributed by atoms with Crippen LogP contribution in [0.15, 0.2) is 0 Å². The summed E-state index contributed by atoms with van der Waals surface area (Å²) in [7, 11) is 0. The monoisotopic (exact) mass is 294 g/mol. The van der Waals surface area contributed by atoms with Crippen LogP contribution in [0.2, 0.25) is 0 Å². The van der Waals surface area contributed by atoms with Crippen LogP contribution in [-0.4, -0.2) is 25.0 Å². The molecule has 1 amide bonds. The van der Waals surface area contributed by atoms with Gasteiger partial charge in [0.2, 0.25) is 5.91 Å². The number of hydrogen-bond acceptors (Lipinski definition) is 2. The average molecular weight is 294 g/mol. The molecule has 0 aromatic heterocycles. The van der Waals surface area contributed by atoms with Crippen LogP contribution >= 0.6 is 0 Å². The van der Waals surface area contributed by atoms with Gasteiger partial charge in [-0.1, -0.05) is 20.8 Å². The van der Waals surface area contributed by atoms with E-state index in [4.69, 9.17) is 0 Å². The maximum absolute atomic E-state index is 12.3. The van der Waals surface area contributed by atoms with Crippen LogP contribution in [0.5, 0.6) is 0 Å². The van der Waals surface area contributed by atoms with Crippen LogP contribution in [0.4, 0.5) is 0 Å². The predicted octanol–water partition coefficient (Wildman–Crippen LogP) is 3.34. The molecule has 0 aromatic rings. The molecule has 21 heavy (non-hydrogen) atoms. The average Bonchev–Trinajstić information content (AvgIpc) is 2.48. The van der Waals surface area contributed by atoms with Crippen LogP contribution < -0.4 is 10.6 Å². The molecule has 2 rings (SSSR count). The zero-order valence-corrected chi connectivity index (χ0v) is 14.2. The molecule has 122 valence electrons. The lowest BCUT2D eigenvalue weighted by atomic mass is 9.79. The summed E-state index contributed by atoms with van der Waals surface area (Å²) in [4.78, 5) is 12.3. The molecule has 0 bridgehead atoms. The highest BCUT2D eigenvalue weighted by Gasteiger charge is 2.26. The summed E-state index contributed by atoms with van der Waals surface area (Å²) in [5, 5.41) is 6.69. The molecule has 1 atom stereocenters. The van der Waals surface area contributed by atoms with Crippen molar-refractivity contribution in [2.45, 2.75) is 71.8 Å². The number of rotatable bonds is 5. The molecule has 1 saturated heterocycles. The number of piperidine rings is 1. The van der Waals surface area contributed by atoms with E-state index in [-0.39, 0.29) is 5.91 Å². The first-order chi connectivity index (χ1) is 10.1. The van der Waals surface area contributed by atoms with Crippen LogP contribution in [0.1, 0.15) is 65.7 Å². The Morgan fingerprint density at radius 2 is 1.62 bits per heavy atom. The van der Waals surface area contributed by atoms with Crippen LogP contribution in [-0.2, 0) is 4.79 Å². The Labute approximate surface area is 130 Å². The second-order valence-corrected chi connectivity index (χ2v) is 7.69. The fourth-order valence-corrected chi connectivity index (χ4v) is 4.09. The van der Waals surface area contributed by atoms with Crippen molar-refractivity contribution >= 4 is 5.91 Å². The topological polar surface area (TPSA) is 41.1 Å². The van der Waals surface area contributed by atoms with Gasteiger partial charge in [-0.15, -0.1) is 0 Å². The molecule has 1 unspecified atom stereocenters. The van der Waals surface area contributed by atoms with E-state index < -0.39 is 0 Å². The maximum Gasteiger partial charge on any atom is 0.220 e. The van der Waals surface area contributed by atoms with Gasteiger partial charge in [0.25, 0.3) is 0 Å². The SMILES string of the molecule is CC(C)C1CCC(NC(=O)CC(C)C2CCNCC2)CC1. The maximum atomic E-state index is 12.3. The lowest BCUT2D eigenvalue weighted by Crippen LogP contribution is -2.40. The van der Waals surface area contributed by atoms with E-state index in [0.717, 1.165) is 37.3 Å². The Morgan fingerprint density at radius 3 is 2.19 bits per heavy atom. The van der Waals surface area contributed by atoms with Crippen molar-refractivity contribution in [2.75, 3.05) is 13.1 Å². The number of amides is 1. The number of hydrogen-bond donors (Lipinski definition) is 2. The Bertz CT molecular complexity index is 315. The molecule has 2 aliphatic rings. The summed E-state index contributed by atoms with van der Waals surface area (Å²) < 4.78 is 0. The van der Waals surface area contributed by atoms with Gasteiger partial charge in [0, 0.05) is 12.5 Å². The van der Waals surface area contributed by atoms with Crippen LogP contribution in [0, 0.1) is 23.7 Å². The van der Waals surface area contributed by atoms with E-state index in [1.165, 1.54) is 38.5 Å². The van der Waals surface area contributed by atoms with Gasteiger partial charge in [0.1, 0.15) is 0 Å². The first kappa shape index (κ1) is 16.8. The molecule has 2 N–H and O–H groups in total. The minimum atomic E-state index is 0.286. The van der Waals surface area contributed by atoms with Gasteiger partial charge in [0.15, 0.2) is 0 Å². The smallest absolute Gasteiger partial charge is 0.220 e. The molecule has 2 fully saturated rings. The van der Waals surface area contributed by atoms with Gasteiger partial charge < -0.3 is 10.6 Å². The number of carbonyl (C=O) groups excluding carboxylic acids is 1. The van der Waals surface area contributed by atoms with E-state index in [2.05, 4.69) is 31.4 Å². The van der Waals surface area contributed by atoms with Crippen molar-refractivity contribution in [1.82, 2.24) is 10.6 Å². The summed E-state index contributed by atoms with van der Waals surface area (Å²) in [5.41, 5.74) is 0.